The standard InChI is InChI=1S/C24H25N5O/c1-16(23-21-13-19(25)5-8-22(21)28-24(23)30)27-20-6-3-17(4-7-20)14-29(2)15-18-9-11-26-12-10-18/h3-13,27H,14-15,25H2,1-2H3,(H,28,30)/b23-16-. The first kappa shape index (κ1) is 19.7. The number of nitrogen functional groups attached to an aromatic ring is 1. The Morgan fingerprint density at radius 3 is 2.40 bits per heavy atom. The minimum absolute atomic E-state index is 0.116. The van der Waals surface area contributed by atoms with Gasteiger partial charge in [-0.2, -0.15) is 0 Å². The van der Waals surface area contributed by atoms with Crippen LogP contribution in [0.25, 0.3) is 5.57 Å². The van der Waals surface area contributed by atoms with E-state index >= 15 is 0 Å². The average Bonchev–Trinajstić information content (AvgIpc) is 3.05. The fraction of sp³-hybridized carbons (Fsp3) is 0.167. The first-order valence-electron chi connectivity index (χ1n) is 9.85. The monoisotopic (exact) mass is 399 g/mol. The first-order valence-corrected chi connectivity index (χ1v) is 9.85. The molecule has 0 unspecified atom stereocenters. The predicted octanol–water partition coefficient (Wildman–Crippen LogP) is 4.09. The molecule has 3 aromatic rings. The molecule has 0 bridgehead atoms. The summed E-state index contributed by atoms with van der Waals surface area (Å²) in [5.74, 6) is -0.116. The minimum Gasteiger partial charge on any atom is -0.399 e. The van der Waals surface area contributed by atoms with Gasteiger partial charge in [-0.15, -0.1) is 0 Å². The third kappa shape index (κ3) is 4.34. The number of pyridine rings is 1. The molecule has 2 heterocycles. The summed E-state index contributed by atoms with van der Waals surface area (Å²) >= 11 is 0. The molecule has 0 atom stereocenters. The van der Waals surface area contributed by atoms with Gasteiger partial charge in [0, 0.05) is 53.8 Å². The highest BCUT2D eigenvalue weighted by atomic mass is 16.2. The highest BCUT2D eigenvalue weighted by Crippen LogP contribution is 2.35. The molecule has 1 aliphatic heterocycles. The maximum atomic E-state index is 12.4. The van der Waals surface area contributed by atoms with E-state index in [1.54, 1.807) is 6.07 Å². The van der Waals surface area contributed by atoms with Crippen molar-refractivity contribution < 1.29 is 4.79 Å². The van der Waals surface area contributed by atoms with E-state index in [9.17, 15) is 4.79 Å². The van der Waals surface area contributed by atoms with Gasteiger partial charge in [-0.1, -0.05) is 12.1 Å². The highest BCUT2D eigenvalue weighted by Gasteiger charge is 2.26. The summed E-state index contributed by atoms with van der Waals surface area (Å²) in [6, 6.07) is 17.8. The van der Waals surface area contributed by atoms with Gasteiger partial charge in [0.15, 0.2) is 0 Å². The lowest BCUT2D eigenvalue weighted by atomic mass is 10.0. The second kappa shape index (κ2) is 8.39. The fourth-order valence-electron chi connectivity index (χ4n) is 3.70. The van der Waals surface area contributed by atoms with Crippen LogP contribution in [0.3, 0.4) is 0 Å². The van der Waals surface area contributed by atoms with Crippen molar-refractivity contribution in [2.45, 2.75) is 20.0 Å². The van der Waals surface area contributed by atoms with Crippen LogP contribution in [-0.2, 0) is 17.9 Å². The summed E-state index contributed by atoms with van der Waals surface area (Å²) in [6.07, 6.45) is 3.63. The van der Waals surface area contributed by atoms with Crippen LogP contribution < -0.4 is 16.4 Å². The van der Waals surface area contributed by atoms with Crippen LogP contribution >= 0.6 is 0 Å². The quantitative estimate of drug-likeness (QED) is 0.430. The van der Waals surface area contributed by atoms with Crippen LogP contribution in [0.1, 0.15) is 23.6 Å². The highest BCUT2D eigenvalue weighted by molar-refractivity contribution is 6.32. The Hall–Kier alpha value is -3.64. The molecule has 152 valence electrons. The summed E-state index contributed by atoms with van der Waals surface area (Å²) < 4.78 is 0. The van der Waals surface area contributed by atoms with Crippen LogP contribution in [0.2, 0.25) is 0 Å². The molecule has 1 aromatic heterocycles. The molecular weight excluding hydrogens is 374 g/mol. The molecule has 4 rings (SSSR count). The Kier molecular flexibility index (Phi) is 5.50. The summed E-state index contributed by atoms with van der Waals surface area (Å²) in [6.45, 7) is 3.62. The summed E-state index contributed by atoms with van der Waals surface area (Å²) in [5, 5.41) is 6.24. The lowest BCUT2D eigenvalue weighted by molar-refractivity contribution is -0.110. The zero-order chi connectivity index (χ0) is 21.1. The third-order valence-electron chi connectivity index (χ3n) is 5.10. The van der Waals surface area contributed by atoms with Gasteiger partial charge >= 0.3 is 0 Å². The number of allylic oxidation sites excluding steroid dienone is 1. The van der Waals surface area contributed by atoms with Crippen molar-refractivity contribution in [3.63, 3.8) is 0 Å². The number of carbonyl (C=O) groups excluding carboxylic acids is 1. The molecule has 6 heteroatoms. The van der Waals surface area contributed by atoms with E-state index in [1.807, 2.05) is 55.7 Å². The Morgan fingerprint density at radius 2 is 1.70 bits per heavy atom. The van der Waals surface area contributed by atoms with Crippen molar-refractivity contribution in [1.82, 2.24) is 9.88 Å². The number of rotatable bonds is 6. The van der Waals surface area contributed by atoms with Gasteiger partial charge in [0.25, 0.3) is 5.91 Å². The summed E-state index contributed by atoms with van der Waals surface area (Å²) in [7, 11) is 2.10. The van der Waals surface area contributed by atoms with Crippen LogP contribution in [0, 0.1) is 0 Å². The van der Waals surface area contributed by atoms with Gasteiger partial charge in [-0.25, -0.2) is 0 Å². The lowest BCUT2D eigenvalue weighted by Crippen LogP contribution is -2.17. The number of nitrogens with zero attached hydrogens (tertiary/aromatic N) is 2. The van der Waals surface area contributed by atoms with Gasteiger partial charge in [-0.05, 0) is 67.6 Å². The number of amides is 1. The summed E-state index contributed by atoms with van der Waals surface area (Å²) in [5.41, 5.74) is 13.0. The van der Waals surface area contributed by atoms with E-state index in [2.05, 4.69) is 39.7 Å². The molecule has 2 aromatic carbocycles. The molecule has 0 radical (unpaired) electrons. The van der Waals surface area contributed by atoms with E-state index < -0.39 is 0 Å². The molecule has 0 aliphatic carbocycles. The SMILES string of the molecule is C/C(Nc1ccc(CN(C)Cc2ccncc2)cc1)=C1/C(=O)Nc2ccc(N)cc21. The predicted molar refractivity (Wildman–Crippen MR) is 122 cm³/mol. The number of fused-ring (bicyclic) bond motifs is 1. The van der Waals surface area contributed by atoms with Crippen LogP contribution in [0.5, 0.6) is 0 Å². The van der Waals surface area contributed by atoms with E-state index in [0.29, 0.717) is 11.3 Å². The number of hydrogen-bond donors (Lipinski definition) is 3. The topological polar surface area (TPSA) is 83.3 Å². The van der Waals surface area contributed by atoms with Crippen LogP contribution in [-0.4, -0.2) is 22.8 Å². The van der Waals surface area contributed by atoms with Crippen LogP contribution in [0.4, 0.5) is 17.1 Å². The third-order valence-corrected chi connectivity index (χ3v) is 5.10. The largest absolute Gasteiger partial charge is 0.399 e. The Bertz CT molecular complexity index is 1090. The first-order chi connectivity index (χ1) is 14.5. The number of nitrogens with one attached hydrogen (secondary N) is 2. The van der Waals surface area contributed by atoms with E-state index in [4.69, 9.17) is 5.73 Å². The lowest BCUT2D eigenvalue weighted by Gasteiger charge is -2.17. The summed E-state index contributed by atoms with van der Waals surface area (Å²) in [4.78, 5) is 18.8. The van der Waals surface area contributed by atoms with E-state index in [0.717, 1.165) is 35.7 Å². The Labute approximate surface area is 176 Å². The van der Waals surface area contributed by atoms with Gasteiger partial charge < -0.3 is 16.4 Å². The van der Waals surface area contributed by atoms with Crippen molar-refractivity contribution >= 4 is 28.5 Å². The Balaban J connectivity index is 1.44. The molecule has 0 fully saturated rings. The Morgan fingerprint density at radius 1 is 1.03 bits per heavy atom. The van der Waals surface area contributed by atoms with Crippen LogP contribution in [0.15, 0.2) is 72.7 Å². The van der Waals surface area contributed by atoms with Crippen molar-refractivity contribution in [2.24, 2.45) is 0 Å². The number of benzene rings is 2. The molecule has 4 N–H and O–H groups in total. The number of carbonyl (C=O) groups is 1. The number of hydrogen-bond acceptors (Lipinski definition) is 5. The molecule has 1 amide bonds. The van der Waals surface area contributed by atoms with Crippen molar-refractivity contribution in [3.8, 4) is 0 Å². The molecule has 0 saturated carbocycles. The van der Waals surface area contributed by atoms with Gasteiger partial charge in [0.05, 0.1) is 5.57 Å². The van der Waals surface area contributed by atoms with E-state index in [-0.39, 0.29) is 5.91 Å². The zero-order valence-electron chi connectivity index (χ0n) is 17.1. The van der Waals surface area contributed by atoms with Crippen molar-refractivity contribution in [3.05, 3.63) is 89.4 Å². The number of anilines is 3. The average molecular weight is 399 g/mol. The van der Waals surface area contributed by atoms with Gasteiger partial charge in [-0.3, -0.25) is 14.7 Å². The molecule has 6 nitrogen and oxygen atoms in total. The molecule has 0 saturated heterocycles. The second-order valence-corrected chi connectivity index (χ2v) is 7.61. The second-order valence-electron chi connectivity index (χ2n) is 7.61. The zero-order valence-corrected chi connectivity index (χ0v) is 17.1. The van der Waals surface area contributed by atoms with Gasteiger partial charge in [0.1, 0.15) is 0 Å². The number of nitrogens with two attached hydrogens (primary N) is 1. The molecule has 30 heavy (non-hydrogen) atoms. The molecule has 1 aliphatic rings. The maximum Gasteiger partial charge on any atom is 0.258 e. The molecule has 0 spiro atoms. The fourth-order valence-corrected chi connectivity index (χ4v) is 3.70. The minimum atomic E-state index is -0.116. The molecular formula is C24H25N5O. The van der Waals surface area contributed by atoms with Crippen molar-refractivity contribution in [2.75, 3.05) is 23.4 Å². The number of aromatic nitrogens is 1. The van der Waals surface area contributed by atoms with E-state index in [1.165, 1.54) is 11.1 Å². The maximum absolute atomic E-state index is 12.4. The van der Waals surface area contributed by atoms with Crippen molar-refractivity contribution in [1.29, 1.82) is 0 Å². The smallest absolute Gasteiger partial charge is 0.258 e. The normalized spacial score (nSPS) is 14.4. The van der Waals surface area contributed by atoms with Gasteiger partial charge in [0.2, 0.25) is 0 Å².